The van der Waals surface area contributed by atoms with Crippen LogP contribution >= 0.6 is 0 Å². The van der Waals surface area contributed by atoms with Crippen LogP contribution in [0.3, 0.4) is 0 Å². The highest BCUT2D eigenvalue weighted by Gasteiger charge is 2.07. The molecule has 0 spiro atoms. The summed E-state index contributed by atoms with van der Waals surface area (Å²) in [5.41, 5.74) is 0. The van der Waals surface area contributed by atoms with Crippen LogP contribution < -0.4 is 0 Å². The molecule has 0 fully saturated rings. The maximum Gasteiger partial charge on any atom is 0.204 e. The van der Waals surface area contributed by atoms with Crippen molar-refractivity contribution in [2.24, 2.45) is 5.92 Å². The van der Waals surface area contributed by atoms with Crippen LogP contribution in [0, 0.1) is 16.0 Å². The Morgan fingerprint density at radius 3 is 2.60 bits per heavy atom. The van der Waals surface area contributed by atoms with Gasteiger partial charge in [0.2, 0.25) is 6.54 Å². The molecule has 4 heteroatoms. The topological polar surface area (TPSA) is 60.2 Å². The molecule has 10 heavy (non-hydrogen) atoms. The Labute approximate surface area is 59.4 Å². The van der Waals surface area contributed by atoms with Gasteiger partial charge in [0.25, 0.3) is 0 Å². The number of aldehydes is 1. The summed E-state index contributed by atoms with van der Waals surface area (Å²) < 4.78 is 0. The second kappa shape index (κ2) is 4.90. The van der Waals surface area contributed by atoms with E-state index in [1.165, 1.54) is 0 Å². The van der Waals surface area contributed by atoms with Gasteiger partial charge in [0.15, 0.2) is 0 Å². The number of hydrogen-bond donors (Lipinski definition) is 0. The van der Waals surface area contributed by atoms with Crippen LogP contribution in [0.5, 0.6) is 0 Å². The van der Waals surface area contributed by atoms with Gasteiger partial charge >= 0.3 is 0 Å². The molecule has 0 aromatic rings. The summed E-state index contributed by atoms with van der Waals surface area (Å²) in [5.74, 6) is -0.134. The summed E-state index contributed by atoms with van der Waals surface area (Å²) in [6.45, 7) is 1.75. The van der Waals surface area contributed by atoms with Gasteiger partial charge in [-0.2, -0.15) is 0 Å². The number of nitro groups is 1. The highest BCUT2D eigenvalue weighted by atomic mass is 16.6. The fourth-order valence-electron chi connectivity index (χ4n) is 0.640. The van der Waals surface area contributed by atoms with Gasteiger partial charge in [-0.1, -0.05) is 6.92 Å². The molecule has 0 unspecified atom stereocenters. The number of carbonyl (C=O) groups is 1. The maximum atomic E-state index is 10.1. The van der Waals surface area contributed by atoms with Crippen molar-refractivity contribution in [3.8, 4) is 0 Å². The Kier molecular flexibility index (Phi) is 4.45. The molecule has 0 aliphatic rings. The molecule has 0 radical (unpaired) electrons. The van der Waals surface area contributed by atoms with Crippen molar-refractivity contribution in [3.63, 3.8) is 0 Å². The second-order valence-electron chi connectivity index (χ2n) is 2.15. The van der Waals surface area contributed by atoms with E-state index in [1.807, 2.05) is 6.92 Å². The zero-order valence-electron chi connectivity index (χ0n) is 5.95. The quantitative estimate of drug-likeness (QED) is 0.327. The Hall–Kier alpha value is -0.930. The zero-order valence-corrected chi connectivity index (χ0v) is 5.95. The van der Waals surface area contributed by atoms with Crippen LogP contribution in [0.4, 0.5) is 0 Å². The largest absolute Gasteiger partial charge is 0.303 e. The lowest BCUT2D eigenvalue weighted by atomic mass is 10.1. The second-order valence-corrected chi connectivity index (χ2v) is 2.15. The molecule has 0 rings (SSSR count). The molecule has 0 aliphatic carbocycles. The first-order chi connectivity index (χ1) is 4.70. The molecule has 0 aromatic heterocycles. The summed E-state index contributed by atoms with van der Waals surface area (Å²) in [7, 11) is 0. The Morgan fingerprint density at radius 1 is 1.70 bits per heavy atom. The predicted molar refractivity (Wildman–Crippen MR) is 36.3 cm³/mol. The molecule has 58 valence electrons. The van der Waals surface area contributed by atoms with Gasteiger partial charge < -0.3 is 4.79 Å². The number of hydrogen-bond acceptors (Lipinski definition) is 3. The molecular weight excluding hydrogens is 134 g/mol. The first kappa shape index (κ1) is 9.07. The zero-order chi connectivity index (χ0) is 7.98. The summed E-state index contributed by atoms with van der Waals surface area (Å²) in [4.78, 5) is 19.6. The first-order valence-electron chi connectivity index (χ1n) is 3.27. The van der Waals surface area contributed by atoms with Crippen molar-refractivity contribution in [1.82, 2.24) is 0 Å². The van der Waals surface area contributed by atoms with E-state index in [0.29, 0.717) is 12.8 Å². The standard InChI is InChI=1S/C6H11NO3/c1-2-6(5-8)3-4-7(9)10/h5-6H,2-4H2,1H3/t6-/m1/s1. The molecule has 4 nitrogen and oxygen atoms in total. The highest BCUT2D eigenvalue weighted by molar-refractivity contribution is 5.53. The lowest BCUT2D eigenvalue weighted by Gasteiger charge is -2.00. The Bertz CT molecular complexity index is 124. The van der Waals surface area contributed by atoms with Crippen molar-refractivity contribution in [3.05, 3.63) is 10.1 Å². The molecule has 1 atom stereocenters. The van der Waals surface area contributed by atoms with Crippen molar-refractivity contribution in [1.29, 1.82) is 0 Å². The molecule has 0 bridgehead atoms. The van der Waals surface area contributed by atoms with Gasteiger partial charge in [-0.05, 0) is 6.42 Å². The SMILES string of the molecule is CC[C@@H](C=O)CC[N+](=O)[O-]. The van der Waals surface area contributed by atoms with Gasteiger partial charge in [-0.3, -0.25) is 10.1 Å². The van der Waals surface area contributed by atoms with Gasteiger partial charge in [-0.15, -0.1) is 0 Å². The van der Waals surface area contributed by atoms with Crippen molar-refractivity contribution < 1.29 is 9.72 Å². The normalized spacial score (nSPS) is 12.5. The molecule has 0 saturated carbocycles. The third-order valence-electron chi connectivity index (χ3n) is 1.40. The van der Waals surface area contributed by atoms with Gasteiger partial charge in [0.05, 0.1) is 0 Å². The van der Waals surface area contributed by atoms with Crippen molar-refractivity contribution in [2.75, 3.05) is 6.54 Å². The van der Waals surface area contributed by atoms with Crippen LogP contribution in [-0.4, -0.2) is 17.8 Å². The number of rotatable bonds is 5. The van der Waals surface area contributed by atoms with E-state index in [1.54, 1.807) is 0 Å². The highest BCUT2D eigenvalue weighted by Crippen LogP contribution is 2.03. The molecular formula is C6H11NO3. The smallest absolute Gasteiger partial charge is 0.204 e. The van der Waals surface area contributed by atoms with E-state index in [2.05, 4.69) is 0 Å². The van der Waals surface area contributed by atoms with Crippen LogP contribution in [0.2, 0.25) is 0 Å². The fourth-order valence-corrected chi connectivity index (χ4v) is 0.640. The molecule has 0 aliphatic heterocycles. The van der Waals surface area contributed by atoms with Crippen LogP contribution in [-0.2, 0) is 4.79 Å². The van der Waals surface area contributed by atoms with E-state index in [0.717, 1.165) is 6.29 Å². The van der Waals surface area contributed by atoms with E-state index < -0.39 is 4.92 Å². The third-order valence-corrected chi connectivity index (χ3v) is 1.40. The van der Waals surface area contributed by atoms with Gasteiger partial charge in [-0.25, -0.2) is 0 Å². The average Bonchev–Trinajstić information content (AvgIpc) is 1.90. The third kappa shape index (κ3) is 4.00. The summed E-state index contributed by atoms with van der Waals surface area (Å²) >= 11 is 0. The average molecular weight is 145 g/mol. The van der Waals surface area contributed by atoms with Gasteiger partial charge in [0, 0.05) is 17.3 Å². The van der Waals surface area contributed by atoms with Crippen LogP contribution in [0.15, 0.2) is 0 Å². The molecule has 0 N–H and O–H groups in total. The maximum absolute atomic E-state index is 10.1. The van der Waals surface area contributed by atoms with E-state index in [4.69, 9.17) is 0 Å². The Balaban J connectivity index is 3.44. The lowest BCUT2D eigenvalue weighted by molar-refractivity contribution is -0.481. The van der Waals surface area contributed by atoms with Crippen molar-refractivity contribution in [2.45, 2.75) is 19.8 Å². The summed E-state index contributed by atoms with van der Waals surface area (Å²) in [5, 5.41) is 9.83. The predicted octanol–water partition coefficient (Wildman–Crippen LogP) is 0.878. The van der Waals surface area contributed by atoms with Crippen LogP contribution in [0.1, 0.15) is 19.8 Å². The minimum Gasteiger partial charge on any atom is -0.303 e. The van der Waals surface area contributed by atoms with E-state index in [9.17, 15) is 14.9 Å². The number of carbonyl (C=O) groups excluding carboxylic acids is 1. The van der Waals surface area contributed by atoms with Gasteiger partial charge in [0.1, 0.15) is 6.29 Å². The molecule has 0 heterocycles. The van der Waals surface area contributed by atoms with E-state index in [-0.39, 0.29) is 12.5 Å². The Morgan fingerprint density at radius 2 is 2.30 bits per heavy atom. The first-order valence-corrected chi connectivity index (χ1v) is 3.27. The fraction of sp³-hybridized carbons (Fsp3) is 0.833. The number of nitrogens with zero attached hydrogens (tertiary/aromatic N) is 1. The molecule has 0 aromatic carbocycles. The van der Waals surface area contributed by atoms with Crippen LogP contribution in [0.25, 0.3) is 0 Å². The minimum atomic E-state index is -0.397. The van der Waals surface area contributed by atoms with E-state index >= 15 is 0 Å². The summed E-state index contributed by atoms with van der Waals surface area (Å²) in [6, 6.07) is 0. The lowest BCUT2D eigenvalue weighted by Crippen LogP contribution is -2.08. The minimum absolute atomic E-state index is 0.1000. The summed E-state index contributed by atoms with van der Waals surface area (Å²) in [6.07, 6.45) is 1.84. The molecule has 0 amide bonds. The van der Waals surface area contributed by atoms with Crippen molar-refractivity contribution >= 4 is 6.29 Å². The molecule has 0 saturated heterocycles. The monoisotopic (exact) mass is 145 g/mol.